The van der Waals surface area contributed by atoms with Gasteiger partial charge in [0, 0.05) is 18.0 Å². The third-order valence-electron chi connectivity index (χ3n) is 20.1. The summed E-state index contributed by atoms with van der Waals surface area (Å²) in [7, 11) is -11.5. The Morgan fingerprint density at radius 1 is 0.625 bits per heavy atom. The van der Waals surface area contributed by atoms with Crippen LogP contribution >= 0.6 is 54.0 Å². The number of nitrogens with two attached hydrogens (primary N) is 2. The molecule has 3 aliphatic rings. The van der Waals surface area contributed by atoms with Crippen LogP contribution in [0.2, 0.25) is 153 Å². The van der Waals surface area contributed by atoms with Gasteiger partial charge < -0.3 is 40.2 Å². The van der Waals surface area contributed by atoms with Gasteiger partial charge in [0.25, 0.3) is 0 Å². The van der Waals surface area contributed by atoms with Crippen molar-refractivity contribution in [2.75, 3.05) is 22.3 Å². The number of aliphatic hydroxyl groups is 1. The van der Waals surface area contributed by atoms with Crippen LogP contribution in [0.25, 0.3) is 22.1 Å². The minimum absolute atomic E-state index is 0.133. The quantitative estimate of drug-likeness (QED) is 0.0311. The number of fused-ring (bicyclic) bond motifs is 2. The van der Waals surface area contributed by atoms with Gasteiger partial charge in [0.2, 0.25) is 5.78 Å². The summed E-state index contributed by atoms with van der Waals surface area (Å²) in [5, 5.41) is 13.4. The van der Waals surface area contributed by atoms with Crippen LogP contribution in [0.4, 0.5) is 22.2 Å². The topological polar surface area (TPSA) is 259 Å². The van der Waals surface area contributed by atoms with E-state index in [-0.39, 0.29) is 17.5 Å². The average molecular weight is 1720 g/mol. The second-order valence-electron chi connectivity index (χ2n) is 34.0. The Labute approximate surface area is 649 Å². The molecule has 3 saturated heterocycles. The molecule has 7 aromatic heterocycles. The maximum Gasteiger partial charge on any atom is 0.423 e. The number of nitrogen functional groups attached to an aromatic ring is 2. The maximum absolute atomic E-state index is 13.8. The first-order valence-corrected chi connectivity index (χ1v) is 65.3. The molecule has 1 atom stereocenters. The Hall–Kier alpha value is -5.49. The molecule has 0 bridgehead atoms. The minimum Gasteiger partial charge on any atom is -0.465 e. The minimum atomic E-state index is -1.70. The van der Waals surface area contributed by atoms with Crippen molar-refractivity contribution in [2.24, 2.45) is 0 Å². The number of halogens is 4. The highest BCUT2D eigenvalue weighted by Crippen LogP contribution is 2.52. The van der Waals surface area contributed by atoms with E-state index in [0.29, 0.717) is 78.8 Å². The van der Waals surface area contributed by atoms with Gasteiger partial charge in [0.1, 0.15) is 74.7 Å². The summed E-state index contributed by atoms with van der Waals surface area (Å²) in [4.78, 5) is 72.0. The summed E-state index contributed by atoms with van der Waals surface area (Å²) in [6.45, 7) is 45.9. The molecule has 18 nitrogen and oxygen atoms in total. The van der Waals surface area contributed by atoms with E-state index in [4.69, 9.17) is 43.1 Å². The Balaban J connectivity index is 0.000000184. The molecule has 0 spiro atoms. The van der Waals surface area contributed by atoms with E-state index in [1.165, 1.54) is 52.2 Å². The van der Waals surface area contributed by atoms with Crippen molar-refractivity contribution in [3.63, 3.8) is 0 Å². The zero-order chi connectivity index (χ0) is 77.1. The van der Waals surface area contributed by atoms with Gasteiger partial charge in [-0.2, -0.15) is 31.7 Å². The van der Waals surface area contributed by atoms with E-state index >= 15 is 0 Å². The monoisotopic (exact) mass is 1710 g/mol. The van der Waals surface area contributed by atoms with Crippen molar-refractivity contribution >= 4 is 169 Å². The molecular formula is C74H108Br2Cl2N12O6Si8. The van der Waals surface area contributed by atoms with Gasteiger partial charge >= 0.3 is 17.8 Å². The van der Waals surface area contributed by atoms with E-state index in [2.05, 4.69) is 211 Å². The molecule has 9 aromatic rings. The number of pyridine rings is 5. The standard InChI is InChI=1S/C27H37N3O4Si2.C25H31N5O2Si2.C11H19BrN2Si2.C6H16Cl2Si2.C5H5BrN2/c1-9-33-25-29-22-19(23(31)20-12-10-11-13-28-20)16-18(24-35(5,6)14-15-36(24,7)8)17-21(22)30(25)26(32)34-27(2,3)4;1-33(2)12-13-34(3,4)23(33)16-14-17(22-18(15-16)28-24(31)30-22)25(32,19-8-5-6-11-27-19)20-9-7-10-21(26)29-20;1-15(2)8-9-16(3,4)14(15)11-7-5-6-10(12)13-11;1-9(2,7)5-6-10(3,4)8;6-4-2-1-3-5(7)8-4/h10-13,16-17,24H,9,14-15H2,1-8H3;5-11,14-15,23,32H,12-13H2,1-4H3,(H2,26,29)(H2,28,30,31);5-7H,8-9H2,1-4H3;5-6H2,1-4H3;1-3H,(H2,7,8). The van der Waals surface area contributed by atoms with Crippen LogP contribution in [0.5, 0.6) is 6.01 Å². The number of aromatic amines is 2. The second-order valence-corrected chi connectivity index (χ2v) is 80.6. The Morgan fingerprint density at radius 2 is 1.12 bits per heavy atom. The van der Waals surface area contributed by atoms with Crippen LogP contribution in [0.3, 0.4) is 0 Å². The Kier molecular flexibility index (Phi) is 26.5. The summed E-state index contributed by atoms with van der Waals surface area (Å²) in [5.74, 6) is 1.83. The highest BCUT2D eigenvalue weighted by molar-refractivity contribution is 9.10. The molecule has 0 saturated carbocycles. The number of carbonyl (C=O) groups excluding carboxylic acids is 2. The number of H-pyrrole nitrogens is 2. The summed E-state index contributed by atoms with van der Waals surface area (Å²) in [6, 6.07) is 46.3. The molecule has 7 N–H and O–H groups in total. The fourth-order valence-electron chi connectivity index (χ4n) is 15.7. The summed E-state index contributed by atoms with van der Waals surface area (Å²) < 4.78 is 17.4. The van der Waals surface area contributed by atoms with Gasteiger partial charge in [0.05, 0.1) is 72.4 Å². The molecule has 560 valence electrons. The number of nitrogens with one attached hydrogen (secondary N) is 2. The predicted molar refractivity (Wildman–Crippen MR) is 460 cm³/mol. The van der Waals surface area contributed by atoms with Crippen LogP contribution < -0.4 is 26.1 Å². The number of benzene rings is 2. The first-order chi connectivity index (χ1) is 48.1. The van der Waals surface area contributed by atoms with Crippen molar-refractivity contribution in [3.8, 4) is 6.01 Å². The molecule has 3 fully saturated rings. The summed E-state index contributed by atoms with van der Waals surface area (Å²) in [6.07, 6.45) is 2.69. The maximum atomic E-state index is 13.8. The third kappa shape index (κ3) is 20.6. The average Bonchev–Trinajstić information content (AvgIpc) is 1.63. The Morgan fingerprint density at radius 3 is 1.59 bits per heavy atom. The molecule has 2 aromatic carbocycles. The fourth-order valence-corrected chi connectivity index (χ4v) is 71.3. The van der Waals surface area contributed by atoms with E-state index in [0.717, 1.165) is 26.9 Å². The smallest absolute Gasteiger partial charge is 0.423 e. The van der Waals surface area contributed by atoms with Gasteiger partial charge in [-0.1, -0.05) is 165 Å². The fraction of sp³-hybridized carbons (Fsp3) is 0.446. The number of ketones is 1. The highest BCUT2D eigenvalue weighted by Gasteiger charge is 2.53. The van der Waals surface area contributed by atoms with Crippen LogP contribution in [0, 0.1) is 0 Å². The number of imidazole rings is 2. The largest absolute Gasteiger partial charge is 0.465 e. The normalized spacial score (nSPS) is 17.8. The van der Waals surface area contributed by atoms with Gasteiger partial charge in [-0.25, -0.2) is 24.5 Å². The lowest BCUT2D eigenvalue weighted by Crippen LogP contribution is -2.55. The van der Waals surface area contributed by atoms with Crippen LogP contribution in [0.1, 0.15) is 82.2 Å². The van der Waals surface area contributed by atoms with Crippen molar-refractivity contribution in [1.29, 1.82) is 0 Å². The molecule has 30 heteroatoms. The number of hydrogen-bond acceptors (Lipinski definition) is 15. The molecule has 0 aliphatic carbocycles. The number of rotatable bonds is 13. The van der Waals surface area contributed by atoms with Gasteiger partial charge in [-0.05, 0) is 184 Å². The molecular weight excluding hydrogens is 1610 g/mol. The third-order valence-corrected chi connectivity index (χ3v) is 59.6. The molecule has 10 heterocycles. The number of nitrogens with zero attached hydrogens (tertiary/aromatic N) is 8. The van der Waals surface area contributed by atoms with E-state index < -0.39 is 80.8 Å². The first kappa shape index (κ1) is 84.1. The second kappa shape index (κ2) is 32.8. The molecule has 0 amide bonds. The number of anilines is 3. The zero-order valence-electron chi connectivity index (χ0n) is 64.4. The van der Waals surface area contributed by atoms with E-state index in [1.54, 1.807) is 60.9 Å². The SMILES string of the molecule is CCOc1nc2c(C(=O)c3ccccn3)cc(C3[Si](C)(C)CC[Si]3(C)C)cc2n1C(=O)OC(C)(C)C.C[Si](C)(Cl)CC[Si](C)(C)Cl.C[Si]1(C)CC[Si](C)(C)C1c1cc(C(O)(c2ccccn2)c2cccc(N)n2)c2[nH]c(=O)[nH]c2c1.C[Si]1(C)CC[Si](C)(C)N1c1cccc(Br)n1.Nc1cccc(Br)n1. The van der Waals surface area contributed by atoms with Crippen molar-refractivity contribution in [1.82, 2.24) is 44.4 Å². The predicted octanol–water partition coefficient (Wildman–Crippen LogP) is 19.9. The highest BCUT2D eigenvalue weighted by atomic mass is 79.9. The van der Waals surface area contributed by atoms with Gasteiger partial charge in [0.15, 0.2) is 5.60 Å². The van der Waals surface area contributed by atoms with E-state index in [1.807, 2.05) is 64.1 Å². The number of hydrogen-bond donors (Lipinski definition) is 5. The van der Waals surface area contributed by atoms with E-state index in [9.17, 15) is 19.5 Å². The van der Waals surface area contributed by atoms with Crippen molar-refractivity contribution in [3.05, 3.63) is 187 Å². The number of aromatic nitrogens is 9. The molecule has 104 heavy (non-hydrogen) atoms. The summed E-state index contributed by atoms with van der Waals surface area (Å²) in [5.41, 5.74) is 15.3. The number of carbonyl (C=O) groups is 2. The lowest BCUT2D eigenvalue weighted by Gasteiger charge is -2.40. The molecule has 3 aliphatic heterocycles. The first-order valence-electron chi connectivity index (χ1n) is 35.8. The van der Waals surface area contributed by atoms with Crippen molar-refractivity contribution < 1.29 is 24.2 Å². The van der Waals surface area contributed by atoms with Gasteiger partial charge in [-0.3, -0.25) is 14.8 Å². The van der Waals surface area contributed by atoms with Gasteiger partial charge in [-0.15, -0.1) is 0 Å². The lowest BCUT2D eigenvalue weighted by atomic mass is 9.84. The zero-order valence-corrected chi connectivity index (χ0v) is 77.1. The van der Waals surface area contributed by atoms with Crippen molar-refractivity contribution in [2.45, 2.75) is 202 Å². The molecule has 0 radical (unpaired) electrons. The molecule has 1 unspecified atom stereocenters. The Bertz CT molecular complexity index is 4490. The lowest BCUT2D eigenvalue weighted by molar-refractivity contribution is 0.0527. The van der Waals surface area contributed by atoms with Crippen LogP contribution in [-0.4, -0.2) is 137 Å². The molecule has 12 rings (SSSR count). The summed E-state index contributed by atoms with van der Waals surface area (Å²) >= 11 is 18.9. The number of ether oxygens (including phenoxy) is 2. The van der Waals surface area contributed by atoms with Crippen LogP contribution in [0.15, 0.2) is 142 Å². The van der Waals surface area contributed by atoms with Crippen LogP contribution in [-0.2, 0) is 10.3 Å².